The molecule has 2 N–H and O–H groups in total. The van der Waals surface area contributed by atoms with Crippen LogP contribution in [0.3, 0.4) is 0 Å². The number of amides is 1. The summed E-state index contributed by atoms with van der Waals surface area (Å²) in [4.78, 5) is 12.2. The lowest BCUT2D eigenvalue weighted by molar-refractivity contribution is 0.0947. The molecule has 0 bridgehead atoms. The molecular weight excluding hydrogens is 304 g/mol. The molecule has 1 saturated heterocycles. The van der Waals surface area contributed by atoms with E-state index in [9.17, 15) is 13.2 Å². The molecule has 0 spiro atoms. The van der Waals surface area contributed by atoms with Gasteiger partial charge in [-0.05, 0) is 31.4 Å². The molecule has 1 aliphatic heterocycles. The number of hydrogen-bond acceptors (Lipinski definition) is 4. The van der Waals surface area contributed by atoms with Crippen LogP contribution in [-0.2, 0) is 10.0 Å². The highest BCUT2D eigenvalue weighted by molar-refractivity contribution is 7.89. The molecule has 0 unspecified atom stereocenters. The third kappa shape index (κ3) is 3.85. The molecule has 0 saturated carbocycles. The monoisotopic (exact) mass is 326 g/mol. The summed E-state index contributed by atoms with van der Waals surface area (Å²) in [6.07, 6.45) is 3.18. The largest absolute Gasteiger partial charge is 0.396 e. The maximum atomic E-state index is 12.7. The predicted molar refractivity (Wildman–Crippen MR) is 83.1 cm³/mol. The molecule has 1 amide bonds. The number of aliphatic hydroxyl groups is 1. The van der Waals surface area contributed by atoms with Gasteiger partial charge in [0.1, 0.15) is 0 Å². The van der Waals surface area contributed by atoms with E-state index in [2.05, 4.69) is 5.32 Å². The maximum absolute atomic E-state index is 12.7. The normalized spacial score (nSPS) is 16.4. The molecule has 0 radical (unpaired) electrons. The van der Waals surface area contributed by atoms with Crippen LogP contribution in [0.15, 0.2) is 29.2 Å². The van der Waals surface area contributed by atoms with Gasteiger partial charge in [-0.1, -0.05) is 18.6 Å². The lowest BCUT2D eigenvalue weighted by Crippen LogP contribution is -2.37. The molecule has 122 valence electrons. The Labute approximate surface area is 131 Å². The zero-order chi connectivity index (χ0) is 16.0. The van der Waals surface area contributed by atoms with Crippen LogP contribution in [0.1, 0.15) is 36.0 Å². The molecule has 1 aliphatic rings. The molecule has 1 aromatic carbocycles. The van der Waals surface area contributed by atoms with Crippen LogP contribution >= 0.6 is 0 Å². The number of nitrogens with zero attached hydrogens (tertiary/aromatic N) is 1. The fourth-order valence-electron chi connectivity index (χ4n) is 2.50. The Morgan fingerprint density at radius 1 is 1.18 bits per heavy atom. The van der Waals surface area contributed by atoms with E-state index in [0.29, 0.717) is 26.1 Å². The molecule has 2 rings (SSSR count). The van der Waals surface area contributed by atoms with E-state index in [4.69, 9.17) is 5.11 Å². The standard InChI is InChI=1S/C15H22N2O4S/c18-12-6-9-16-15(19)13-7-2-3-8-14(13)22(20,21)17-10-4-1-5-11-17/h2-3,7-8,18H,1,4-6,9-12H2,(H,16,19). The predicted octanol–water partition coefficient (Wildman–Crippen LogP) is 0.973. The number of carbonyl (C=O) groups is 1. The van der Waals surface area contributed by atoms with Gasteiger partial charge < -0.3 is 10.4 Å². The van der Waals surface area contributed by atoms with E-state index in [0.717, 1.165) is 19.3 Å². The Kier molecular flexibility index (Phi) is 5.93. The summed E-state index contributed by atoms with van der Waals surface area (Å²) in [7, 11) is -3.65. The molecule has 1 heterocycles. The van der Waals surface area contributed by atoms with Crippen molar-refractivity contribution in [3.63, 3.8) is 0 Å². The zero-order valence-electron chi connectivity index (χ0n) is 12.5. The van der Waals surface area contributed by atoms with Crippen LogP contribution in [0.2, 0.25) is 0 Å². The first kappa shape index (κ1) is 16.9. The Bertz CT molecular complexity index is 610. The maximum Gasteiger partial charge on any atom is 0.252 e. The van der Waals surface area contributed by atoms with Gasteiger partial charge >= 0.3 is 0 Å². The second-order valence-corrected chi connectivity index (χ2v) is 7.20. The Morgan fingerprint density at radius 3 is 2.55 bits per heavy atom. The first-order chi connectivity index (χ1) is 10.6. The van der Waals surface area contributed by atoms with Crippen LogP contribution < -0.4 is 5.32 Å². The number of aliphatic hydroxyl groups excluding tert-OH is 1. The lowest BCUT2D eigenvalue weighted by Gasteiger charge is -2.26. The summed E-state index contributed by atoms with van der Waals surface area (Å²) in [5.74, 6) is -0.426. The van der Waals surface area contributed by atoms with Crippen molar-refractivity contribution in [2.75, 3.05) is 26.2 Å². The van der Waals surface area contributed by atoms with Gasteiger partial charge in [0.25, 0.3) is 5.91 Å². The third-order valence-electron chi connectivity index (χ3n) is 3.68. The lowest BCUT2D eigenvalue weighted by atomic mass is 10.2. The molecule has 0 aliphatic carbocycles. The van der Waals surface area contributed by atoms with Gasteiger partial charge in [-0.15, -0.1) is 0 Å². The minimum Gasteiger partial charge on any atom is -0.396 e. The quantitative estimate of drug-likeness (QED) is 0.763. The van der Waals surface area contributed by atoms with Gasteiger partial charge in [0.05, 0.1) is 10.5 Å². The third-order valence-corrected chi connectivity index (χ3v) is 5.64. The highest BCUT2D eigenvalue weighted by Gasteiger charge is 2.29. The second-order valence-electron chi connectivity index (χ2n) is 5.29. The van der Waals surface area contributed by atoms with Crippen molar-refractivity contribution in [1.29, 1.82) is 0 Å². The molecule has 7 heteroatoms. The van der Waals surface area contributed by atoms with E-state index in [1.165, 1.54) is 16.4 Å². The molecule has 1 aromatic rings. The van der Waals surface area contributed by atoms with Gasteiger partial charge in [-0.3, -0.25) is 4.79 Å². The van der Waals surface area contributed by atoms with E-state index in [1.807, 2.05) is 0 Å². The minimum atomic E-state index is -3.65. The minimum absolute atomic E-state index is 0.0198. The Morgan fingerprint density at radius 2 is 1.86 bits per heavy atom. The first-order valence-electron chi connectivity index (χ1n) is 7.55. The Hall–Kier alpha value is -1.44. The number of carbonyl (C=O) groups excluding carboxylic acids is 1. The Balaban J connectivity index is 2.25. The smallest absolute Gasteiger partial charge is 0.252 e. The van der Waals surface area contributed by atoms with Crippen molar-refractivity contribution in [1.82, 2.24) is 9.62 Å². The van der Waals surface area contributed by atoms with Crippen LogP contribution in [0, 0.1) is 0 Å². The van der Waals surface area contributed by atoms with Gasteiger partial charge in [0.15, 0.2) is 0 Å². The van der Waals surface area contributed by atoms with Crippen LogP contribution in [-0.4, -0.2) is 50.0 Å². The van der Waals surface area contributed by atoms with Crippen LogP contribution in [0.5, 0.6) is 0 Å². The second kappa shape index (κ2) is 7.71. The van der Waals surface area contributed by atoms with Gasteiger partial charge in [0.2, 0.25) is 10.0 Å². The van der Waals surface area contributed by atoms with E-state index in [-0.39, 0.29) is 17.1 Å². The van der Waals surface area contributed by atoms with Crippen molar-refractivity contribution in [3.05, 3.63) is 29.8 Å². The fraction of sp³-hybridized carbons (Fsp3) is 0.533. The molecule has 0 atom stereocenters. The molecular formula is C15H22N2O4S. The SMILES string of the molecule is O=C(NCCCO)c1ccccc1S(=O)(=O)N1CCCCC1. The highest BCUT2D eigenvalue weighted by atomic mass is 32.2. The first-order valence-corrected chi connectivity index (χ1v) is 8.99. The average Bonchev–Trinajstić information content (AvgIpc) is 2.56. The number of benzene rings is 1. The number of hydrogen-bond donors (Lipinski definition) is 2. The van der Waals surface area contributed by atoms with Gasteiger partial charge in [-0.25, -0.2) is 8.42 Å². The summed E-state index contributed by atoms with van der Waals surface area (Å²) >= 11 is 0. The summed E-state index contributed by atoms with van der Waals surface area (Å²) in [6.45, 7) is 1.30. The number of sulfonamides is 1. The van der Waals surface area contributed by atoms with Crippen LogP contribution in [0.4, 0.5) is 0 Å². The summed E-state index contributed by atoms with van der Waals surface area (Å²) in [5, 5.41) is 11.4. The number of rotatable bonds is 6. The van der Waals surface area contributed by atoms with E-state index in [1.54, 1.807) is 12.1 Å². The fourth-order valence-corrected chi connectivity index (χ4v) is 4.21. The van der Waals surface area contributed by atoms with Gasteiger partial charge in [-0.2, -0.15) is 4.31 Å². The van der Waals surface area contributed by atoms with Crippen molar-refractivity contribution in [2.24, 2.45) is 0 Å². The van der Waals surface area contributed by atoms with Crippen molar-refractivity contribution in [3.8, 4) is 0 Å². The van der Waals surface area contributed by atoms with E-state index < -0.39 is 15.9 Å². The molecule has 22 heavy (non-hydrogen) atoms. The molecule has 0 aromatic heterocycles. The van der Waals surface area contributed by atoms with Gasteiger partial charge in [0, 0.05) is 26.2 Å². The summed E-state index contributed by atoms with van der Waals surface area (Å²) in [5.41, 5.74) is 0.158. The molecule has 6 nitrogen and oxygen atoms in total. The van der Waals surface area contributed by atoms with Crippen molar-refractivity contribution < 1.29 is 18.3 Å². The average molecular weight is 326 g/mol. The van der Waals surface area contributed by atoms with Crippen LogP contribution in [0.25, 0.3) is 0 Å². The van der Waals surface area contributed by atoms with Crippen molar-refractivity contribution in [2.45, 2.75) is 30.6 Å². The van der Waals surface area contributed by atoms with Crippen molar-refractivity contribution >= 4 is 15.9 Å². The summed E-state index contributed by atoms with van der Waals surface area (Å²) < 4.78 is 27.0. The van der Waals surface area contributed by atoms with E-state index >= 15 is 0 Å². The topological polar surface area (TPSA) is 86.7 Å². The molecule has 1 fully saturated rings. The summed E-state index contributed by atoms with van der Waals surface area (Å²) in [6, 6.07) is 6.27. The number of piperidine rings is 1. The number of nitrogens with one attached hydrogen (secondary N) is 1. The zero-order valence-corrected chi connectivity index (χ0v) is 13.3. The highest BCUT2D eigenvalue weighted by Crippen LogP contribution is 2.23.